The normalized spacial score (nSPS) is 18.1. The zero-order valence-electron chi connectivity index (χ0n) is 21.6. The molecule has 2 heterocycles. The smallest absolute Gasteiger partial charge is 0.262 e. The molecule has 1 atom stereocenters. The van der Waals surface area contributed by atoms with Crippen molar-refractivity contribution in [2.75, 3.05) is 50.8 Å². The van der Waals surface area contributed by atoms with E-state index in [-0.39, 0.29) is 43.2 Å². The maximum absolute atomic E-state index is 13.2. The number of likely N-dealkylation sites (tertiary alicyclic amines) is 1. The summed E-state index contributed by atoms with van der Waals surface area (Å²) in [5.74, 6) is -1.64. The van der Waals surface area contributed by atoms with Gasteiger partial charge in [0.15, 0.2) is 0 Å². The third-order valence-corrected chi connectivity index (χ3v) is 8.14. The Morgan fingerprint density at radius 1 is 0.892 bits per heavy atom. The highest BCUT2D eigenvalue weighted by Crippen LogP contribution is 2.31. The van der Waals surface area contributed by atoms with E-state index in [1.165, 1.54) is 12.1 Å². The molecule has 0 bridgehead atoms. The molecule has 2 aliphatic rings. The summed E-state index contributed by atoms with van der Waals surface area (Å²) in [4.78, 5) is 53.8. The van der Waals surface area contributed by atoms with Crippen LogP contribution in [0.2, 0.25) is 25.7 Å². The first kappa shape index (κ1) is 29.7. The van der Waals surface area contributed by atoms with Gasteiger partial charge < -0.3 is 18.9 Å². The van der Waals surface area contributed by atoms with Crippen molar-refractivity contribution in [3.05, 3.63) is 29.3 Å². The number of alkyl halides is 1. The van der Waals surface area contributed by atoms with Gasteiger partial charge in [-0.25, -0.2) is 0 Å². The van der Waals surface area contributed by atoms with E-state index in [2.05, 4.69) is 42.2 Å². The van der Waals surface area contributed by atoms with Crippen molar-refractivity contribution < 1.29 is 38.1 Å². The van der Waals surface area contributed by atoms with Gasteiger partial charge in [0.2, 0.25) is 5.91 Å². The molecule has 0 aliphatic carbocycles. The minimum atomic E-state index is -1.32. The van der Waals surface area contributed by atoms with Crippen molar-refractivity contribution in [2.24, 2.45) is 0 Å². The molecule has 1 unspecified atom stereocenters. The number of piperidine rings is 1. The second-order valence-corrected chi connectivity index (χ2v) is 16.7. The lowest BCUT2D eigenvalue weighted by molar-refractivity contribution is -0.157. The molecular formula is C25H35IN2O8Si. The number of hydrogen-bond donors (Lipinski definition) is 0. The molecule has 0 N–H and O–H groups in total. The van der Waals surface area contributed by atoms with E-state index in [0.29, 0.717) is 38.8 Å². The van der Waals surface area contributed by atoms with Crippen LogP contribution in [-0.4, -0.2) is 98.3 Å². The maximum Gasteiger partial charge on any atom is 0.262 e. The van der Waals surface area contributed by atoms with Crippen LogP contribution in [0.1, 0.15) is 33.6 Å². The zero-order valence-corrected chi connectivity index (χ0v) is 24.8. The molecule has 12 heteroatoms. The predicted octanol–water partition coefficient (Wildman–Crippen LogP) is 2.96. The first-order valence-corrected chi connectivity index (χ1v) is 17.7. The molecule has 0 aromatic heterocycles. The van der Waals surface area contributed by atoms with Crippen LogP contribution < -0.4 is 4.74 Å². The molecule has 1 saturated heterocycles. The van der Waals surface area contributed by atoms with Crippen molar-refractivity contribution in [3.63, 3.8) is 0 Å². The van der Waals surface area contributed by atoms with Crippen LogP contribution in [0.15, 0.2) is 18.2 Å². The molecule has 0 saturated carbocycles. The number of carbonyl (C=O) groups is 4. The van der Waals surface area contributed by atoms with Crippen LogP contribution in [0.3, 0.4) is 0 Å². The van der Waals surface area contributed by atoms with E-state index in [9.17, 15) is 19.2 Å². The van der Waals surface area contributed by atoms with Gasteiger partial charge in [-0.05, 0) is 30.7 Å². The Hall–Kier alpha value is -1.87. The standard InChI is InChI=1S/C25H35IN2O8Si/c1-37(2,3)15-14-35-17-27-22(29)7-6-21(25(27)32)28-23(30)19-5-4-18(16-20(19)24(28)31)36-13-12-34-11-10-33-9-8-26/h4-5,16,21H,6-15,17H2,1-3H3. The quantitative estimate of drug-likeness (QED) is 0.0941. The fourth-order valence-electron chi connectivity index (χ4n) is 3.94. The summed E-state index contributed by atoms with van der Waals surface area (Å²) < 4.78 is 23.0. The first-order chi connectivity index (χ1) is 17.6. The number of carbonyl (C=O) groups excluding carboxylic acids is 4. The van der Waals surface area contributed by atoms with Gasteiger partial charge in [0.05, 0.1) is 37.6 Å². The molecule has 1 aromatic carbocycles. The third kappa shape index (κ3) is 8.06. The molecule has 10 nitrogen and oxygen atoms in total. The number of amides is 4. The summed E-state index contributed by atoms with van der Waals surface area (Å²) in [5, 5.41) is 0. The van der Waals surface area contributed by atoms with Crippen LogP contribution in [-0.2, 0) is 23.8 Å². The number of nitrogens with zero attached hydrogens (tertiary/aromatic N) is 2. The Labute approximate surface area is 232 Å². The first-order valence-electron chi connectivity index (χ1n) is 12.4. The van der Waals surface area contributed by atoms with Crippen LogP contribution in [0, 0.1) is 0 Å². The van der Waals surface area contributed by atoms with Gasteiger partial charge >= 0.3 is 0 Å². The number of ether oxygens (including phenoxy) is 4. The molecule has 204 valence electrons. The van der Waals surface area contributed by atoms with Crippen molar-refractivity contribution in [1.82, 2.24) is 9.80 Å². The van der Waals surface area contributed by atoms with Gasteiger partial charge in [0.25, 0.3) is 17.7 Å². The maximum atomic E-state index is 13.2. The Morgan fingerprint density at radius 2 is 1.57 bits per heavy atom. The summed E-state index contributed by atoms with van der Waals surface area (Å²) in [6.07, 6.45) is 0.148. The van der Waals surface area contributed by atoms with E-state index < -0.39 is 31.8 Å². The van der Waals surface area contributed by atoms with Crippen molar-refractivity contribution in [1.29, 1.82) is 0 Å². The molecule has 37 heavy (non-hydrogen) atoms. The third-order valence-electron chi connectivity index (χ3n) is 5.99. The second-order valence-electron chi connectivity index (χ2n) is 10.0. The number of imide groups is 2. The van der Waals surface area contributed by atoms with Crippen LogP contribution >= 0.6 is 22.6 Å². The number of benzene rings is 1. The topological polar surface area (TPSA) is 112 Å². The number of fused-ring (bicyclic) bond motifs is 1. The number of rotatable bonds is 15. The second kappa shape index (κ2) is 13.8. The van der Waals surface area contributed by atoms with Crippen molar-refractivity contribution in [2.45, 2.75) is 44.6 Å². The minimum absolute atomic E-state index is 0.0542. The van der Waals surface area contributed by atoms with E-state index >= 15 is 0 Å². The van der Waals surface area contributed by atoms with Gasteiger partial charge in [-0.2, -0.15) is 0 Å². The summed E-state index contributed by atoms with van der Waals surface area (Å²) >= 11 is 2.24. The van der Waals surface area contributed by atoms with Crippen LogP contribution in [0.25, 0.3) is 0 Å². The van der Waals surface area contributed by atoms with Crippen LogP contribution in [0.4, 0.5) is 0 Å². The molecule has 2 aliphatic heterocycles. The molecule has 0 spiro atoms. The highest BCUT2D eigenvalue weighted by Gasteiger charge is 2.47. The van der Waals surface area contributed by atoms with Gasteiger partial charge in [-0.15, -0.1) is 0 Å². The fraction of sp³-hybridized carbons (Fsp3) is 0.600. The van der Waals surface area contributed by atoms with E-state index in [4.69, 9.17) is 18.9 Å². The Balaban J connectivity index is 1.57. The lowest BCUT2D eigenvalue weighted by atomic mass is 10.0. The monoisotopic (exact) mass is 646 g/mol. The SMILES string of the molecule is C[Si](C)(C)CCOCN1C(=O)CCC(N2C(=O)c3ccc(OCCOCCOCCI)cc3C2=O)C1=O. The predicted molar refractivity (Wildman–Crippen MR) is 147 cm³/mol. The Kier molecular flexibility index (Phi) is 11.1. The summed E-state index contributed by atoms with van der Waals surface area (Å²) in [5.41, 5.74) is 0.391. The Bertz CT molecular complexity index is 999. The molecule has 3 rings (SSSR count). The summed E-state index contributed by atoms with van der Waals surface area (Å²) in [6, 6.07) is 4.50. The molecule has 0 radical (unpaired) electrons. The van der Waals surface area contributed by atoms with Gasteiger partial charge in [-0.3, -0.25) is 29.0 Å². The van der Waals surface area contributed by atoms with Crippen molar-refractivity contribution >= 4 is 54.3 Å². The van der Waals surface area contributed by atoms with Crippen LogP contribution in [0.5, 0.6) is 5.75 Å². The lowest BCUT2D eigenvalue weighted by Gasteiger charge is -2.34. The number of hydrogen-bond acceptors (Lipinski definition) is 8. The molecule has 1 aromatic rings. The summed E-state index contributed by atoms with van der Waals surface area (Å²) in [7, 11) is -1.32. The van der Waals surface area contributed by atoms with Crippen molar-refractivity contribution in [3.8, 4) is 5.75 Å². The average Bonchev–Trinajstić information content (AvgIpc) is 3.09. The van der Waals surface area contributed by atoms with Gasteiger partial charge in [0, 0.05) is 25.5 Å². The molecule has 4 amide bonds. The minimum Gasteiger partial charge on any atom is -0.491 e. The summed E-state index contributed by atoms with van der Waals surface area (Å²) in [6.45, 7) is 9.19. The Morgan fingerprint density at radius 3 is 2.27 bits per heavy atom. The fourth-order valence-corrected chi connectivity index (χ4v) is 5.01. The van der Waals surface area contributed by atoms with Gasteiger partial charge in [0.1, 0.15) is 25.1 Å². The lowest BCUT2D eigenvalue weighted by Crippen LogP contribution is -2.56. The van der Waals surface area contributed by atoms with Gasteiger partial charge in [-0.1, -0.05) is 42.2 Å². The highest BCUT2D eigenvalue weighted by atomic mass is 127. The average molecular weight is 647 g/mol. The van der Waals surface area contributed by atoms with E-state index in [1.54, 1.807) is 6.07 Å². The highest BCUT2D eigenvalue weighted by molar-refractivity contribution is 14.1. The van der Waals surface area contributed by atoms with E-state index in [1.807, 2.05) is 0 Å². The largest absolute Gasteiger partial charge is 0.491 e. The van der Waals surface area contributed by atoms with E-state index in [0.717, 1.165) is 20.3 Å². The number of halogens is 1. The zero-order chi connectivity index (χ0) is 27.0. The molecular weight excluding hydrogens is 611 g/mol. The molecule has 1 fully saturated rings.